The van der Waals surface area contributed by atoms with Crippen molar-refractivity contribution >= 4 is 17.4 Å². The van der Waals surface area contributed by atoms with E-state index in [0.717, 1.165) is 12.8 Å². The van der Waals surface area contributed by atoms with Crippen LogP contribution >= 0.6 is 11.6 Å². The molecular formula is C11H9ClO2. The molecule has 0 N–H and O–H groups in total. The number of ether oxygens (including phenoxy) is 1. The standard InChI is InChI=1S/C11H9ClO2/c12-8-3-1-2-7-9(8)14-6-11(4-5-11)10(7)13/h1-3H,4-6H2. The van der Waals surface area contributed by atoms with Gasteiger partial charge < -0.3 is 4.74 Å². The molecule has 14 heavy (non-hydrogen) atoms. The molecule has 0 aromatic heterocycles. The quantitative estimate of drug-likeness (QED) is 0.655. The lowest BCUT2D eigenvalue weighted by Crippen LogP contribution is -2.29. The van der Waals surface area contributed by atoms with Crippen LogP contribution in [0.25, 0.3) is 0 Å². The minimum absolute atomic E-state index is 0.197. The lowest BCUT2D eigenvalue weighted by Gasteiger charge is -2.24. The first kappa shape index (κ1) is 8.30. The van der Waals surface area contributed by atoms with Crippen molar-refractivity contribution < 1.29 is 9.53 Å². The van der Waals surface area contributed by atoms with Crippen LogP contribution < -0.4 is 4.74 Å². The monoisotopic (exact) mass is 208 g/mol. The Morgan fingerprint density at radius 3 is 2.86 bits per heavy atom. The van der Waals surface area contributed by atoms with E-state index in [9.17, 15) is 4.79 Å². The third-order valence-electron chi connectivity index (χ3n) is 3.04. The summed E-state index contributed by atoms with van der Waals surface area (Å²) in [6.45, 7) is 0.503. The molecule has 1 saturated carbocycles. The van der Waals surface area contributed by atoms with Gasteiger partial charge in [0.15, 0.2) is 5.78 Å². The minimum Gasteiger partial charge on any atom is -0.490 e. The summed E-state index contributed by atoms with van der Waals surface area (Å²) in [5.41, 5.74) is 0.457. The zero-order valence-corrected chi connectivity index (χ0v) is 8.30. The largest absolute Gasteiger partial charge is 0.490 e. The molecular weight excluding hydrogens is 200 g/mol. The average molecular weight is 209 g/mol. The summed E-state index contributed by atoms with van der Waals surface area (Å²) >= 11 is 5.94. The maximum absolute atomic E-state index is 12.0. The van der Waals surface area contributed by atoms with Crippen molar-refractivity contribution in [3.63, 3.8) is 0 Å². The Kier molecular flexibility index (Phi) is 1.49. The molecule has 1 fully saturated rings. The van der Waals surface area contributed by atoms with Gasteiger partial charge in [0.2, 0.25) is 0 Å². The summed E-state index contributed by atoms with van der Waals surface area (Å²) in [5.74, 6) is 0.776. The summed E-state index contributed by atoms with van der Waals surface area (Å²) in [7, 11) is 0. The van der Waals surface area contributed by atoms with Gasteiger partial charge in [-0.2, -0.15) is 0 Å². The van der Waals surface area contributed by atoms with Gasteiger partial charge in [-0.05, 0) is 25.0 Å². The highest BCUT2D eigenvalue weighted by Gasteiger charge is 2.53. The molecule has 3 rings (SSSR count). The Bertz CT molecular complexity index is 421. The van der Waals surface area contributed by atoms with Gasteiger partial charge in [-0.15, -0.1) is 0 Å². The van der Waals surface area contributed by atoms with Crippen molar-refractivity contribution in [2.24, 2.45) is 5.41 Å². The molecule has 3 heteroatoms. The van der Waals surface area contributed by atoms with Crippen molar-refractivity contribution in [1.82, 2.24) is 0 Å². The zero-order valence-electron chi connectivity index (χ0n) is 7.55. The molecule has 2 aliphatic rings. The zero-order chi connectivity index (χ0) is 9.76. The number of halogens is 1. The van der Waals surface area contributed by atoms with E-state index >= 15 is 0 Å². The molecule has 1 aliphatic heterocycles. The SMILES string of the molecule is O=C1c2cccc(Cl)c2OCC12CC2. The molecule has 1 spiro atoms. The Labute approximate surface area is 86.8 Å². The van der Waals surface area contributed by atoms with Crippen LogP contribution in [0, 0.1) is 5.41 Å². The Balaban J connectivity index is 2.16. The molecule has 1 aromatic carbocycles. The van der Waals surface area contributed by atoms with E-state index in [4.69, 9.17) is 16.3 Å². The highest BCUT2D eigenvalue weighted by molar-refractivity contribution is 6.33. The van der Waals surface area contributed by atoms with E-state index in [1.807, 2.05) is 0 Å². The van der Waals surface area contributed by atoms with E-state index in [1.54, 1.807) is 18.2 Å². The van der Waals surface area contributed by atoms with Gasteiger partial charge in [0.1, 0.15) is 12.4 Å². The number of Topliss-reactive ketones (excluding diaryl/α,β-unsaturated/α-hetero) is 1. The first-order chi connectivity index (χ1) is 6.73. The maximum Gasteiger partial charge on any atom is 0.176 e. The number of hydrogen-bond acceptors (Lipinski definition) is 2. The van der Waals surface area contributed by atoms with Gasteiger partial charge in [0.25, 0.3) is 0 Å². The van der Waals surface area contributed by atoms with E-state index in [0.29, 0.717) is 22.9 Å². The van der Waals surface area contributed by atoms with E-state index in [1.165, 1.54) is 0 Å². The minimum atomic E-state index is -0.197. The van der Waals surface area contributed by atoms with E-state index in [2.05, 4.69) is 0 Å². The number of benzene rings is 1. The fraction of sp³-hybridized carbons (Fsp3) is 0.364. The van der Waals surface area contributed by atoms with Crippen LogP contribution in [0.1, 0.15) is 23.2 Å². The summed E-state index contributed by atoms with van der Waals surface area (Å²) in [6, 6.07) is 5.34. The lowest BCUT2D eigenvalue weighted by molar-refractivity contribution is 0.0798. The van der Waals surface area contributed by atoms with Crippen molar-refractivity contribution in [3.05, 3.63) is 28.8 Å². The molecule has 1 aliphatic carbocycles. The predicted octanol–water partition coefficient (Wildman–Crippen LogP) is 2.70. The number of fused-ring (bicyclic) bond motifs is 1. The second-order valence-corrected chi connectivity index (χ2v) is 4.42. The van der Waals surface area contributed by atoms with Crippen molar-refractivity contribution in [3.8, 4) is 5.75 Å². The first-order valence-electron chi connectivity index (χ1n) is 4.69. The van der Waals surface area contributed by atoms with Gasteiger partial charge in [0, 0.05) is 0 Å². The molecule has 0 atom stereocenters. The van der Waals surface area contributed by atoms with Crippen molar-refractivity contribution in [1.29, 1.82) is 0 Å². The second kappa shape index (κ2) is 2.51. The molecule has 1 heterocycles. The van der Waals surface area contributed by atoms with Crippen LogP contribution in [0.4, 0.5) is 0 Å². The van der Waals surface area contributed by atoms with Crippen LogP contribution in [0.2, 0.25) is 5.02 Å². The Hall–Kier alpha value is -1.02. The molecule has 1 aromatic rings. The van der Waals surface area contributed by atoms with Gasteiger partial charge in [-0.3, -0.25) is 4.79 Å². The number of ketones is 1. The molecule has 0 bridgehead atoms. The second-order valence-electron chi connectivity index (χ2n) is 4.01. The van der Waals surface area contributed by atoms with Crippen LogP contribution in [-0.2, 0) is 0 Å². The topological polar surface area (TPSA) is 26.3 Å². The number of para-hydroxylation sites is 1. The Morgan fingerprint density at radius 2 is 2.14 bits per heavy atom. The van der Waals surface area contributed by atoms with Gasteiger partial charge in [-0.1, -0.05) is 17.7 Å². The highest BCUT2D eigenvalue weighted by Crippen LogP contribution is 2.53. The van der Waals surface area contributed by atoms with Crippen molar-refractivity contribution in [2.75, 3.05) is 6.61 Å². The van der Waals surface area contributed by atoms with Crippen LogP contribution in [0.5, 0.6) is 5.75 Å². The molecule has 72 valence electrons. The van der Waals surface area contributed by atoms with E-state index < -0.39 is 0 Å². The summed E-state index contributed by atoms with van der Waals surface area (Å²) in [4.78, 5) is 12.0. The molecule has 0 radical (unpaired) electrons. The smallest absolute Gasteiger partial charge is 0.176 e. The number of carbonyl (C=O) groups excluding carboxylic acids is 1. The molecule has 0 amide bonds. The first-order valence-corrected chi connectivity index (χ1v) is 5.07. The van der Waals surface area contributed by atoms with Crippen LogP contribution in [0.3, 0.4) is 0 Å². The molecule has 0 saturated heterocycles. The third-order valence-corrected chi connectivity index (χ3v) is 3.34. The van der Waals surface area contributed by atoms with E-state index in [-0.39, 0.29) is 11.2 Å². The van der Waals surface area contributed by atoms with Crippen molar-refractivity contribution in [2.45, 2.75) is 12.8 Å². The van der Waals surface area contributed by atoms with Gasteiger partial charge in [-0.25, -0.2) is 0 Å². The maximum atomic E-state index is 12.0. The highest BCUT2D eigenvalue weighted by atomic mass is 35.5. The molecule has 2 nitrogen and oxygen atoms in total. The van der Waals surface area contributed by atoms with Crippen LogP contribution in [0.15, 0.2) is 18.2 Å². The predicted molar refractivity (Wildman–Crippen MR) is 52.9 cm³/mol. The fourth-order valence-electron chi connectivity index (χ4n) is 1.92. The number of rotatable bonds is 0. The summed E-state index contributed by atoms with van der Waals surface area (Å²) < 4.78 is 5.55. The number of hydrogen-bond donors (Lipinski definition) is 0. The van der Waals surface area contributed by atoms with Crippen LogP contribution in [-0.4, -0.2) is 12.4 Å². The Morgan fingerprint density at radius 1 is 1.36 bits per heavy atom. The third kappa shape index (κ3) is 0.947. The normalized spacial score (nSPS) is 21.6. The molecule has 0 unspecified atom stereocenters. The van der Waals surface area contributed by atoms with Gasteiger partial charge in [0.05, 0.1) is 16.0 Å². The summed E-state index contributed by atoms with van der Waals surface area (Å²) in [5, 5.41) is 0.534. The summed E-state index contributed by atoms with van der Waals surface area (Å²) in [6.07, 6.45) is 1.91. The average Bonchev–Trinajstić information content (AvgIpc) is 2.94. The van der Waals surface area contributed by atoms with Gasteiger partial charge >= 0.3 is 0 Å². The number of carbonyl (C=O) groups is 1. The fourth-order valence-corrected chi connectivity index (χ4v) is 2.15. The lowest BCUT2D eigenvalue weighted by atomic mass is 9.92.